The summed E-state index contributed by atoms with van der Waals surface area (Å²) in [5.41, 5.74) is 3.69. The van der Waals surface area contributed by atoms with E-state index in [0.717, 1.165) is 41.2 Å². The Morgan fingerprint density at radius 2 is 1.96 bits per heavy atom. The minimum atomic E-state index is -0.243. The van der Waals surface area contributed by atoms with Crippen LogP contribution in [0.2, 0.25) is 0 Å². The van der Waals surface area contributed by atoms with Gasteiger partial charge in [0.25, 0.3) is 0 Å². The first-order valence-corrected chi connectivity index (χ1v) is 10.2. The summed E-state index contributed by atoms with van der Waals surface area (Å²) in [6, 6.07) is 6.45. The molecule has 0 bridgehead atoms. The second kappa shape index (κ2) is 11.4. The van der Waals surface area contributed by atoms with Gasteiger partial charge in [0.1, 0.15) is 5.82 Å². The van der Waals surface area contributed by atoms with Crippen molar-refractivity contribution in [3.8, 4) is 0 Å². The first-order valence-electron chi connectivity index (χ1n) is 10.2. The molecule has 1 nitrogen and oxygen atoms in total. The molecule has 2 heteroatoms. The summed E-state index contributed by atoms with van der Waals surface area (Å²) >= 11 is 0. The second-order valence-electron chi connectivity index (χ2n) is 7.51. The van der Waals surface area contributed by atoms with Gasteiger partial charge in [0.05, 0.1) is 12.3 Å². The minimum Gasteiger partial charge on any atom is -0.280 e. The molecular weight excluding hydrogens is 345 g/mol. The molecule has 0 heterocycles. The Labute approximate surface area is 169 Å². The number of halogens is 1. The molecule has 2 atom stereocenters. The van der Waals surface area contributed by atoms with E-state index in [2.05, 4.69) is 69.9 Å². The van der Waals surface area contributed by atoms with E-state index in [-0.39, 0.29) is 5.82 Å². The van der Waals surface area contributed by atoms with Gasteiger partial charge in [-0.3, -0.25) is 4.99 Å². The van der Waals surface area contributed by atoms with E-state index in [0.29, 0.717) is 12.5 Å². The molecule has 28 heavy (non-hydrogen) atoms. The number of nitrogens with zero attached hydrogens (tertiary/aromatic N) is 1. The number of hydrogen-bond acceptors (Lipinski definition) is 1. The highest BCUT2D eigenvalue weighted by Gasteiger charge is 2.14. The van der Waals surface area contributed by atoms with Crippen LogP contribution in [0.25, 0.3) is 5.57 Å². The predicted molar refractivity (Wildman–Crippen MR) is 121 cm³/mol. The molecule has 0 saturated heterocycles. The molecule has 1 aliphatic carbocycles. The minimum absolute atomic E-state index is 0.243. The fourth-order valence-electron chi connectivity index (χ4n) is 2.89. The summed E-state index contributed by atoms with van der Waals surface area (Å²) in [6.07, 6.45) is 18.3. The van der Waals surface area contributed by atoms with Crippen LogP contribution in [0.3, 0.4) is 0 Å². The maximum Gasteiger partial charge on any atom is 0.123 e. The Morgan fingerprint density at radius 1 is 1.25 bits per heavy atom. The summed E-state index contributed by atoms with van der Waals surface area (Å²) in [4.78, 5) is 4.80. The smallest absolute Gasteiger partial charge is 0.123 e. The lowest BCUT2D eigenvalue weighted by molar-refractivity contribution is 0.572. The van der Waals surface area contributed by atoms with E-state index in [1.165, 1.54) is 18.6 Å². The summed E-state index contributed by atoms with van der Waals surface area (Å²) in [6.45, 7) is 11.5. The van der Waals surface area contributed by atoms with E-state index in [1.54, 1.807) is 12.1 Å². The van der Waals surface area contributed by atoms with Gasteiger partial charge in [-0.15, -0.1) is 0 Å². The molecule has 148 valence electrons. The van der Waals surface area contributed by atoms with Crippen LogP contribution in [-0.2, 0) is 0 Å². The zero-order chi connectivity index (χ0) is 20.4. The third kappa shape index (κ3) is 6.92. The van der Waals surface area contributed by atoms with E-state index in [1.807, 2.05) is 0 Å². The number of aliphatic imine (C=N–C) groups is 1. The molecule has 0 spiro atoms. The van der Waals surface area contributed by atoms with Gasteiger partial charge < -0.3 is 0 Å². The second-order valence-corrected chi connectivity index (χ2v) is 7.51. The van der Waals surface area contributed by atoms with Crippen LogP contribution in [0, 0.1) is 17.7 Å². The maximum absolute atomic E-state index is 13.3. The van der Waals surface area contributed by atoms with Crippen LogP contribution >= 0.6 is 0 Å². The average molecular weight is 378 g/mol. The normalized spacial score (nSPS) is 18.6. The zero-order valence-corrected chi connectivity index (χ0v) is 17.4. The van der Waals surface area contributed by atoms with Crippen molar-refractivity contribution in [2.24, 2.45) is 16.8 Å². The van der Waals surface area contributed by atoms with Gasteiger partial charge in [0.2, 0.25) is 0 Å². The first kappa shape index (κ1) is 21.8. The van der Waals surface area contributed by atoms with Crippen molar-refractivity contribution in [2.45, 2.75) is 40.0 Å². The lowest BCUT2D eigenvalue weighted by Crippen LogP contribution is -2.08. The molecule has 1 aromatic rings. The summed E-state index contributed by atoms with van der Waals surface area (Å²) in [5, 5.41) is 0. The van der Waals surface area contributed by atoms with E-state index >= 15 is 0 Å². The average Bonchev–Trinajstić information content (AvgIpc) is 2.71. The van der Waals surface area contributed by atoms with E-state index in [9.17, 15) is 4.39 Å². The van der Waals surface area contributed by atoms with Crippen molar-refractivity contribution in [1.29, 1.82) is 0 Å². The number of rotatable bonds is 9. The largest absolute Gasteiger partial charge is 0.280 e. The molecule has 0 N–H and O–H groups in total. The highest BCUT2D eigenvalue weighted by atomic mass is 19.1. The van der Waals surface area contributed by atoms with Crippen molar-refractivity contribution >= 4 is 11.3 Å². The SMILES string of the molecule is C=C(C(=NC/C=C\C=C/CC(C)CC)C1=CCC(C)C=C1)c1ccc(F)cc1. The van der Waals surface area contributed by atoms with Crippen LogP contribution in [0.15, 0.2) is 83.9 Å². The fraction of sp³-hybridized carbons (Fsp3) is 0.346. The highest BCUT2D eigenvalue weighted by molar-refractivity contribution is 6.32. The molecular formula is C26H32FN. The molecule has 0 radical (unpaired) electrons. The van der Waals surface area contributed by atoms with Crippen LogP contribution in [0.1, 0.15) is 45.6 Å². The topological polar surface area (TPSA) is 12.4 Å². The lowest BCUT2D eigenvalue weighted by Gasteiger charge is -2.16. The Balaban J connectivity index is 2.12. The summed E-state index contributed by atoms with van der Waals surface area (Å²) < 4.78 is 13.3. The summed E-state index contributed by atoms with van der Waals surface area (Å²) in [7, 11) is 0. The highest BCUT2D eigenvalue weighted by Crippen LogP contribution is 2.24. The molecule has 0 aromatic heterocycles. The molecule has 2 rings (SSSR count). The molecule has 0 aliphatic heterocycles. The number of allylic oxidation sites excluding steroid dienone is 8. The zero-order valence-electron chi connectivity index (χ0n) is 17.4. The molecule has 0 amide bonds. The maximum atomic E-state index is 13.3. The third-order valence-electron chi connectivity index (χ3n) is 5.04. The van der Waals surface area contributed by atoms with Gasteiger partial charge in [-0.25, -0.2) is 4.39 Å². The van der Waals surface area contributed by atoms with Crippen LogP contribution in [-0.4, -0.2) is 12.3 Å². The van der Waals surface area contributed by atoms with Crippen LogP contribution in [0.5, 0.6) is 0 Å². The van der Waals surface area contributed by atoms with E-state index in [4.69, 9.17) is 4.99 Å². The Kier molecular flexibility index (Phi) is 8.87. The molecule has 2 unspecified atom stereocenters. The Hall–Kier alpha value is -2.48. The van der Waals surface area contributed by atoms with Crippen LogP contribution < -0.4 is 0 Å². The van der Waals surface area contributed by atoms with Gasteiger partial charge in [0.15, 0.2) is 0 Å². The van der Waals surface area contributed by atoms with Gasteiger partial charge in [-0.05, 0) is 47.9 Å². The van der Waals surface area contributed by atoms with Crippen molar-refractivity contribution in [3.63, 3.8) is 0 Å². The lowest BCUT2D eigenvalue weighted by atomic mass is 9.91. The van der Waals surface area contributed by atoms with Gasteiger partial charge in [-0.2, -0.15) is 0 Å². The number of hydrogen-bond donors (Lipinski definition) is 0. The van der Waals surface area contributed by atoms with Gasteiger partial charge >= 0.3 is 0 Å². The monoisotopic (exact) mass is 377 g/mol. The predicted octanol–water partition coefficient (Wildman–Crippen LogP) is 7.35. The molecule has 0 fully saturated rings. The molecule has 1 aliphatic rings. The van der Waals surface area contributed by atoms with E-state index < -0.39 is 0 Å². The third-order valence-corrected chi connectivity index (χ3v) is 5.04. The summed E-state index contributed by atoms with van der Waals surface area (Å²) in [5.74, 6) is 1.02. The van der Waals surface area contributed by atoms with Crippen molar-refractivity contribution < 1.29 is 4.39 Å². The Morgan fingerprint density at radius 3 is 2.61 bits per heavy atom. The van der Waals surface area contributed by atoms with Crippen molar-refractivity contribution in [3.05, 3.63) is 90.3 Å². The van der Waals surface area contributed by atoms with Crippen molar-refractivity contribution in [2.75, 3.05) is 6.54 Å². The first-order chi connectivity index (χ1) is 13.5. The standard InChI is InChI=1S/C26H32FN/c1-5-20(2)10-8-6-7-9-19-28-26(24-13-11-21(3)12-14-24)22(4)23-15-17-25(27)18-16-23/h6-9,11,13-18,20-21H,4-5,10,12,19H2,1-3H3/b8-6-,9-7-,28-26?. The Bertz CT molecular complexity index is 790. The van der Waals surface area contributed by atoms with Crippen molar-refractivity contribution in [1.82, 2.24) is 0 Å². The van der Waals surface area contributed by atoms with Gasteiger partial charge in [-0.1, -0.05) is 88.4 Å². The number of benzene rings is 1. The van der Waals surface area contributed by atoms with Gasteiger partial charge in [0, 0.05) is 5.57 Å². The molecule has 0 saturated carbocycles. The van der Waals surface area contributed by atoms with Crippen LogP contribution in [0.4, 0.5) is 4.39 Å². The quantitative estimate of drug-likeness (QED) is 0.315. The fourth-order valence-corrected chi connectivity index (χ4v) is 2.89. The molecule has 1 aromatic carbocycles.